The van der Waals surface area contributed by atoms with Crippen LogP contribution in [0, 0.1) is 0 Å². The number of hydrogen-bond acceptors (Lipinski definition) is 7. The molecule has 8 heteroatoms. The molecule has 4 heterocycles. The number of aromatic nitrogens is 4. The number of fused-ring (bicyclic) bond motifs is 6. The highest BCUT2D eigenvalue weighted by atomic mass is 16.5. The molecule has 1 aliphatic carbocycles. The maximum atomic E-state index is 5.56. The van der Waals surface area contributed by atoms with Crippen LogP contribution in [0.5, 0.6) is 0 Å². The van der Waals surface area contributed by atoms with Crippen molar-refractivity contribution in [3.63, 3.8) is 0 Å². The first-order valence-electron chi connectivity index (χ1n) is 8.33. The number of anilines is 2. The molecule has 0 atom stereocenters. The van der Waals surface area contributed by atoms with Crippen LogP contribution in [0.4, 0.5) is 11.8 Å². The molecule has 1 fully saturated rings. The largest absolute Gasteiger partial charge is 0.345 e. The van der Waals surface area contributed by atoms with Gasteiger partial charge in [0.25, 0.3) is 0 Å². The Bertz CT molecular complexity index is 1030. The summed E-state index contributed by atoms with van der Waals surface area (Å²) in [5.74, 6) is 2.56. The van der Waals surface area contributed by atoms with Gasteiger partial charge in [0.05, 0.1) is 11.9 Å². The molecule has 1 saturated carbocycles. The van der Waals surface area contributed by atoms with Gasteiger partial charge in [-0.2, -0.15) is 4.98 Å². The standard InChI is InChI=1S/C17H15N7O/c1-17(6-7-17)15-20-16(25-21-15)23-10-19-14-11-4-2-3-5-12(11)22-9-18-8-13(22)24(14)23/h2-5,8-9H,6-7,10H2,1H3. The van der Waals surface area contributed by atoms with Gasteiger partial charge in [-0.1, -0.05) is 24.2 Å². The van der Waals surface area contributed by atoms with Crippen molar-refractivity contribution in [2.24, 2.45) is 4.99 Å². The molecule has 6 rings (SSSR count). The summed E-state index contributed by atoms with van der Waals surface area (Å²) < 4.78 is 7.61. The lowest BCUT2D eigenvalue weighted by Crippen LogP contribution is -2.45. The molecule has 124 valence electrons. The number of para-hydroxylation sites is 1. The van der Waals surface area contributed by atoms with Crippen LogP contribution in [0.15, 0.2) is 46.3 Å². The van der Waals surface area contributed by atoms with Crippen molar-refractivity contribution < 1.29 is 4.52 Å². The summed E-state index contributed by atoms with van der Waals surface area (Å²) in [6.45, 7) is 2.60. The van der Waals surface area contributed by atoms with Crippen molar-refractivity contribution in [1.29, 1.82) is 0 Å². The van der Waals surface area contributed by atoms with E-state index in [-0.39, 0.29) is 5.41 Å². The van der Waals surface area contributed by atoms with Gasteiger partial charge in [-0.25, -0.2) is 20.0 Å². The Kier molecular flexibility index (Phi) is 2.25. The third-order valence-corrected chi connectivity index (χ3v) is 5.21. The Labute approximate surface area is 143 Å². The average molecular weight is 333 g/mol. The smallest absolute Gasteiger partial charge is 0.313 e. The molecule has 8 nitrogen and oxygen atoms in total. The number of amidine groups is 1. The van der Waals surface area contributed by atoms with Crippen molar-refractivity contribution in [3.05, 3.63) is 48.2 Å². The third-order valence-electron chi connectivity index (χ3n) is 5.21. The lowest BCUT2D eigenvalue weighted by Gasteiger charge is -2.32. The summed E-state index contributed by atoms with van der Waals surface area (Å²) in [6.07, 6.45) is 5.85. The fourth-order valence-corrected chi connectivity index (χ4v) is 3.44. The van der Waals surface area contributed by atoms with Crippen molar-refractivity contribution in [2.45, 2.75) is 25.2 Å². The molecule has 0 amide bonds. The monoisotopic (exact) mass is 333 g/mol. The predicted octanol–water partition coefficient (Wildman–Crippen LogP) is 2.27. The number of hydrazine groups is 1. The van der Waals surface area contributed by atoms with Gasteiger partial charge < -0.3 is 4.52 Å². The van der Waals surface area contributed by atoms with Crippen LogP contribution in [0.3, 0.4) is 0 Å². The van der Waals surface area contributed by atoms with E-state index < -0.39 is 0 Å². The molecule has 0 bridgehead atoms. The quantitative estimate of drug-likeness (QED) is 0.716. The zero-order valence-electron chi connectivity index (χ0n) is 13.6. The van der Waals surface area contributed by atoms with Gasteiger partial charge in [-0.15, -0.1) is 0 Å². The maximum absolute atomic E-state index is 5.56. The topological polar surface area (TPSA) is 75.6 Å². The number of rotatable bonds is 2. The Morgan fingerprint density at radius 1 is 1.20 bits per heavy atom. The number of hydrogen-bond donors (Lipinski definition) is 0. The normalized spacial score (nSPS) is 19.3. The van der Waals surface area contributed by atoms with Gasteiger partial charge in [0.2, 0.25) is 0 Å². The molecule has 0 N–H and O–H groups in total. The average Bonchev–Trinajstić information content (AvgIpc) is 3.12. The molecule has 1 aromatic carbocycles. The highest BCUT2D eigenvalue weighted by molar-refractivity contribution is 6.16. The van der Waals surface area contributed by atoms with Gasteiger partial charge in [0, 0.05) is 11.0 Å². The van der Waals surface area contributed by atoms with E-state index in [2.05, 4.69) is 34.2 Å². The lowest BCUT2D eigenvalue weighted by atomic mass is 10.1. The molecule has 0 spiro atoms. The van der Waals surface area contributed by atoms with Crippen molar-refractivity contribution >= 4 is 17.7 Å². The Morgan fingerprint density at radius 3 is 2.96 bits per heavy atom. The van der Waals surface area contributed by atoms with E-state index in [1.54, 1.807) is 0 Å². The van der Waals surface area contributed by atoms with Crippen LogP contribution in [0.25, 0.3) is 5.69 Å². The van der Waals surface area contributed by atoms with E-state index in [9.17, 15) is 0 Å². The zero-order valence-corrected chi connectivity index (χ0v) is 13.6. The SMILES string of the molecule is CC1(c2noc(N3CN=C4c5ccccc5-n5cncc5N43)n2)CC1. The molecule has 25 heavy (non-hydrogen) atoms. The molecule has 2 aromatic heterocycles. The second-order valence-electron chi connectivity index (χ2n) is 6.93. The van der Waals surface area contributed by atoms with Crippen LogP contribution in [0.1, 0.15) is 31.2 Å². The van der Waals surface area contributed by atoms with Crippen LogP contribution in [-0.2, 0) is 5.41 Å². The Hall–Kier alpha value is -3.16. The number of nitrogens with zero attached hydrogens (tertiary/aromatic N) is 7. The first-order chi connectivity index (χ1) is 12.2. The van der Waals surface area contributed by atoms with E-state index >= 15 is 0 Å². The summed E-state index contributed by atoms with van der Waals surface area (Å²) >= 11 is 0. The van der Waals surface area contributed by atoms with Crippen LogP contribution in [-0.4, -0.2) is 32.2 Å². The van der Waals surface area contributed by atoms with E-state index in [1.165, 1.54) is 0 Å². The summed E-state index contributed by atoms with van der Waals surface area (Å²) in [5.41, 5.74) is 2.20. The van der Waals surface area contributed by atoms with Crippen molar-refractivity contribution in [2.75, 3.05) is 16.7 Å². The summed E-state index contributed by atoms with van der Waals surface area (Å²) in [7, 11) is 0. The second kappa shape index (κ2) is 4.27. The highest BCUT2D eigenvalue weighted by Gasteiger charge is 2.45. The maximum Gasteiger partial charge on any atom is 0.345 e. The Morgan fingerprint density at radius 2 is 2.08 bits per heavy atom. The lowest BCUT2D eigenvalue weighted by molar-refractivity contribution is 0.403. The molecule has 3 aliphatic rings. The van der Waals surface area contributed by atoms with E-state index in [4.69, 9.17) is 9.52 Å². The van der Waals surface area contributed by atoms with E-state index in [0.29, 0.717) is 12.7 Å². The van der Waals surface area contributed by atoms with Crippen LogP contribution < -0.4 is 10.0 Å². The molecular formula is C17H15N7O. The van der Waals surface area contributed by atoms with Gasteiger partial charge in [0.15, 0.2) is 17.5 Å². The predicted molar refractivity (Wildman–Crippen MR) is 90.8 cm³/mol. The first kappa shape index (κ1) is 13.2. The van der Waals surface area contributed by atoms with Gasteiger partial charge in [-0.3, -0.25) is 4.57 Å². The second-order valence-corrected chi connectivity index (χ2v) is 6.93. The zero-order chi connectivity index (χ0) is 16.6. The van der Waals surface area contributed by atoms with Crippen molar-refractivity contribution in [1.82, 2.24) is 19.7 Å². The number of aliphatic imine (C=N–C) groups is 1. The van der Waals surface area contributed by atoms with E-state index in [0.717, 1.165) is 41.6 Å². The van der Waals surface area contributed by atoms with Gasteiger partial charge in [0.1, 0.15) is 13.0 Å². The minimum Gasteiger partial charge on any atom is -0.313 e. The first-order valence-corrected chi connectivity index (χ1v) is 8.33. The van der Waals surface area contributed by atoms with Gasteiger partial charge in [-0.05, 0) is 25.0 Å². The Balaban J connectivity index is 1.47. The molecule has 0 radical (unpaired) electrons. The third kappa shape index (κ3) is 1.66. The van der Waals surface area contributed by atoms with Crippen LogP contribution in [0.2, 0.25) is 0 Å². The molecular weight excluding hydrogens is 318 g/mol. The number of benzene rings is 1. The number of imidazole rings is 1. The molecule has 0 saturated heterocycles. The summed E-state index contributed by atoms with van der Waals surface area (Å²) in [6, 6.07) is 8.64. The van der Waals surface area contributed by atoms with Gasteiger partial charge >= 0.3 is 6.01 Å². The van der Waals surface area contributed by atoms with E-state index in [1.807, 2.05) is 39.2 Å². The summed E-state index contributed by atoms with van der Waals surface area (Å²) in [5, 5.41) is 8.10. The minimum atomic E-state index is 0.0709. The fraction of sp³-hybridized carbons (Fsp3) is 0.294. The molecule has 3 aromatic rings. The highest BCUT2D eigenvalue weighted by Crippen LogP contribution is 2.46. The summed E-state index contributed by atoms with van der Waals surface area (Å²) in [4.78, 5) is 13.7. The van der Waals surface area contributed by atoms with Crippen molar-refractivity contribution in [3.8, 4) is 5.69 Å². The van der Waals surface area contributed by atoms with Crippen LogP contribution >= 0.6 is 0 Å². The fourth-order valence-electron chi connectivity index (χ4n) is 3.44. The molecule has 2 aliphatic heterocycles. The molecule has 0 unspecified atom stereocenters. The minimum absolute atomic E-state index is 0.0709.